The molecule has 0 aromatic rings. The molecule has 7 fully saturated rings. The smallest absolute Gasteiger partial charge is 0.330 e. The molecule has 4 saturated heterocycles. The molecule has 0 radical (unpaired) electrons. The van der Waals surface area contributed by atoms with E-state index >= 15 is 0 Å². The average molecular weight is 1070 g/mol. The van der Waals surface area contributed by atoms with Crippen LogP contribution < -0.4 is 0 Å². The van der Waals surface area contributed by atoms with Crippen molar-refractivity contribution >= 4 is 11.8 Å². The number of methoxy groups -OCH3 is 4. The minimum atomic E-state index is -2.02. The topological polar surface area (TPSA) is 235 Å². The lowest BCUT2D eigenvalue weighted by molar-refractivity contribution is -0.347. The summed E-state index contributed by atoms with van der Waals surface area (Å²) in [6.45, 7) is 18.4. The van der Waals surface area contributed by atoms with Gasteiger partial charge in [-0.25, -0.2) is 4.79 Å². The third-order valence-corrected chi connectivity index (χ3v) is 19.6. The van der Waals surface area contributed by atoms with Gasteiger partial charge in [0, 0.05) is 66.1 Å². The van der Waals surface area contributed by atoms with Crippen LogP contribution in [0, 0.1) is 22.7 Å². The Bertz CT molecular complexity index is 2070. The highest BCUT2D eigenvalue weighted by molar-refractivity contribution is 5.87. The second-order valence-corrected chi connectivity index (χ2v) is 23.9. The van der Waals surface area contributed by atoms with Gasteiger partial charge >= 0.3 is 5.97 Å². The molecule has 8 rings (SSSR count). The first-order chi connectivity index (χ1) is 35.3. The lowest BCUT2D eigenvalue weighted by Gasteiger charge is -2.67. The Balaban J connectivity index is 0.877. The molecule has 4 N–H and O–H groups in total. The number of hydrogen-bond acceptors (Lipinski definition) is 19. The molecule has 4 aliphatic carbocycles. The van der Waals surface area contributed by atoms with Crippen LogP contribution in [0.2, 0.25) is 0 Å². The molecular weight excluding hydrogens is 977 g/mol. The van der Waals surface area contributed by atoms with Crippen molar-refractivity contribution in [3.8, 4) is 0 Å². The van der Waals surface area contributed by atoms with Crippen LogP contribution in [-0.4, -0.2) is 188 Å². The van der Waals surface area contributed by atoms with Crippen molar-refractivity contribution < 1.29 is 91.6 Å². The Morgan fingerprint density at radius 2 is 1.13 bits per heavy atom. The Hall–Kier alpha value is -2.02. The number of Topliss-reactive ketones (excluding diaryl/α,β-unsaturated/α-hetero) is 1. The number of ether oxygens (including phenoxy) is 13. The fourth-order valence-corrected chi connectivity index (χ4v) is 14.6. The third kappa shape index (κ3) is 10.6. The zero-order chi connectivity index (χ0) is 54.7. The van der Waals surface area contributed by atoms with Crippen LogP contribution in [0.3, 0.4) is 0 Å². The average Bonchev–Trinajstić information content (AvgIpc) is 3.60. The van der Waals surface area contributed by atoms with E-state index in [2.05, 4.69) is 6.92 Å². The maximum absolute atomic E-state index is 13.6. The molecule has 4 heterocycles. The zero-order valence-corrected chi connectivity index (χ0v) is 46.9. The Morgan fingerprint density at radius 3 is 1.60 bits per heavy atom. The molecule has 0 amide bonds. The number of carbonyl (C=O) groups excluding carboxylic acids is 2. The van der Waals surface area contributed by atoms with E-state index in [-0.39, 0.29) is 43.8 Å². The zero-order valence-electron chi connectivity index (χ0n) is 46.9. The summed E-state index contributed by atoms with van der Waals surface area (Å²) in [4.78, 5) is 26.9. The van der Waals surface area contributed by atoms with E-state index in [1.165, 1.54) is 13.0 Å². The predicted octanol–water partition coefficient (Wildman–Crippen LogP) is 5.12. The van der Waals surface area contributed by atoms with Crippen molar-refractivity contribution in [1.29, 1.82) is 0 Å². The predicted molar refractivity (Wildman–Crippen MR) is 269 cm³/mol. The van der Waals surface area contributed by atoms with Crippen molar-refractivity contribution in [1.82, 2.24) is 0 Å². The molecule has 19 nitrogen and oxygen atoms in total. The highest BCUT2D eigenvalue weighted by atomic mass is 16.8. The Labute approximate surface area is 443 Å². The maximum Gasteiger partial charge on any atom is 0.330 e. The first-order valence-corrected chi connectivity index (χ1v) is 27.6. The van der Waals surface area contributed by atoms with Crippen molar-refractivity contribution in [2.75, 3.05) is 28.4 Å². The summed E-state index contributed by atoms with van der Waals surface area (Å²) in [5.41, 5.74) is -6.10. The minimum Gasteiger partial charge on any atom is -0.458 e. The molecule has 1 unspecified atom stereocenters. The molecule has 24 atom stereocenters. The number of aliphatic hydroxyl groups excluding tert-OH is 1. The molecule has 19 heteroatoms. The first kappa shape index (κ1) is 59.1. The number of esters is 1. The van der Waals surface area contributed by atoms with Gasteiger partial charge in [-0.1, -0.05) is 38.0 Å². The number of rotatable bonds is 16. The molecule has 75 heavy (non-hydrogen) atoms. The molecule has 3 saturated carbocycles. The monoisotopic (exact) mass is 1070 g/mol. The lowest BCUT2D eigenvalue weighted by Crippen LogP contribution is -2.78. The number of carbonyl (C=O) groups is 2. The van der Waals surface area contributed by atoms with Crippen LogP contribution in [0.25, 0.3) is 0 Å². The molecule has 8 aliphatic rings. The van der Waals surface area contributed by atoms with E-state index in [9.17, 15) is 30.0 Å². The Morgan fingerprint density at radius 1 is 0.667 bits per heavy atom. The van der Waals surface area contributed by atoms with Gasteiger partial charge in [-0.05, 0) is 105 Å². The summed E-state index contributed by atoms with van der Waals surface area (Å²) in [5, 5.41) is 48.5. The van der Waals surface area contributed by atoms with Crippen molar-refractivity contribution in [2.45, 2.75) is 267 Å². The molecule has 0 bridgehead atoms. The van der Waals surface area contributed by atoms with Gasteiger partial charge < -0.3 is 82.0 Å². The van der Waals surface area contributed by atoms with Crippen LogP contribution in [0.5, 0.6) is 0 Å². The third-order valence-electron chi connectivity index (χ3n) is 19.6. The van der Waals surface area contributed by atoms with E-state index in [1.54, 1.807) is 42.3 Å². The number of aliphatic hydroxyl groups is 4. The molecule has 4 aliphatic heterocycles. The fourth-order valence-electron chi connectivity index (χ4n) is 14.6. The van der Waals surface area contributed by atoms with Gasteiger partial charge in [0.15, 0.2) is 30.9 Å². The van der Waals surface area contributed by atoms with Gasteiger partial charge in [-0.15, -0.1) is 0 Å². The van der Waals surface area contributed by atoms with Crippen LogP contribution in [0.15, 0.2) is 23.3 Å². The van der Waals surface area contributed by atoms with Gasteiger partial charge in [-0.3, -0.25) is 4.79 Å². The van der Waals surface area contributed by atoms with Crippen LogP contribution >= 0.6 is 0 Å². The van der Waals surface area contributed by atoms with Crippen molar-refractivity contribution in [3.05, 3.63) is 23.3 Å². The van der Waals surface area contributed by atoms with Crippen molar-refractivity contribution in [2.24, 2.45) is 22.7 Å². The van der Waals surface area contributed by atoms with E-state index in [0.29, 0.717) is 44.9 Å². The quantitative estimate of drug-likeness (QED) is 0.0892. The van der Waals surface area contributed by atoms with Gasteiger partial charge in [0.05, 0.1) is 60.4 Å². The molecular formula is C56H90O19. The van der Waals surface area contributed by atoms with E-state index < -0.39 is 144 Å². The number of hydrogen-bond donors (Lipinski definition) is 4. The maximum atomic E-state index is 13.6. The second-order valence-electron chi connectivity index (χ2n) is 23.9. The van der Waals surface area contributed by atoms with Crippen LogP contribution in [0.1, 0.15) is 140 Å². The van der Waals surface area contributed by atoms with E-state index in [0.717, 1.165) is 11.1 Å². The van der Waals surface area contributed by atoms with E-state index in [1.807, 2.05) is 47.6 Å². The van der Waals surface area contributed by atoms with Gasteiger partial charge in [0.2, 0.25) is 0 Å². The normalized spacial score (nSPS) is 49.3. The number of fused-ring (bicyclic) bond motifs is 5. The SMILES string of the molecule is CO[C@H]1C[C@H](O[C@H]2CC[C@@]3(C)C(=CC[C@]4(O)[C@@H]3C[C@@H](OC(=O)/C=C(\C)C(C)C)[C@@]3(C)C4(O)CC[C@@]3(O)C(C)=O)C2)O[C@H](C)[C@H]1O[C@H]1C[C@H](OC)[C@H](O[C@H]2C[C@@H](OC)[C@H](O[C@H]3C[C@@H](OC)[C@H](O)[C@@H](C)O3)[C@@H](C)O2)[C@@H](C)O1. The highest BCUT2D eigenvalue weighted by Gasteiger charge is 2.81. The fraction of sp³-hybridized carbons (Fsp3) is 0.893. The summed E-state index contributed by atoms with van der Waals surface area (Å²) in [7, 11) is 6.49. The summed E-state index contributed by atoms with van der Waals surface area (Å²) in [6, 6.07) is 0. The second kappa shape index (κ2) is 22.8. The summed E-state index contributed by atoms with van der Waals surface area (Å²) < 4.78 is 81.6. The van der Waals surface area contributed by atoms with Crippen LogP contribution in [-0.2, 0) is 71.2 Å². The highest BCUT2D eigenvalue weighted by Crippen LogP contribution is 2.71. The lowest BCUT2D eigenvalue weighted by atomic mass is 9.42. The van der Waals surface area contributed by atoms with Crippen molar-refractivity contribution in [3.63, 3.8) is 0 Å². The molecule has 0 aromatic heterocycles. The Kier molecular flexibility index (Phi) is 18.0. The largest absolute Gasteiger partial charge is 0.458 e. The van der Waals surface area contributed by atoms with Gasteiger partial charge in [-0.2, -0.15) is 0 Å². The summed E-state index contributed by atoms with van der Waals surface area (Å²) in [5.74, 6) is -1.61. The summed E-state index contributed by atoms with van der Waals surface area (Å²) in [6.07, 6.45) is -2.49. The standard InChI is InChI=1S/C56H90O19/c1-28(2)29(3)21-43(58)72-42-27-41-52(9)17-16-36(22-35(52)15-18-55(41,61)56(62)20-19-54(60,34(8)57)53(42,56)10)71-44-24-38(64-12)49(31(5)68-44)74-46-26-40(66-14)51(33(7)70-46)75-47-25-39(65-13)50(32(6)69-47)73-45-23-37(63-11)48(59)30(4)67-45/h15,21,28,30-33,36-42,44-51,59-62H,16-20,22-27H2,1-14H3/b29-21+/t30-,31-,32-,33-,36+,37-,38+,39-,40+,41-,42-,44+,45+,46+,47+,48-,49-,50-,51-,52+,53-,54-,55+,56?/m1/s1. The van der Waals surface area contributed by atoms with Crippen LogP contribution in [0.4, 0.5) is 0 Å². The number of ketones is 1. The molecule has 428 valence electrons. The molecule has 0 aromatic carbocycles. The van der Waals surface area contributed by atoms with E-state index in [4.69, 9.17) is 61.6 Å². The minimum absolute atomic E-state index is 0.0344. The molecule has 0 spiro atoms. The van der Waals surface area contributed by atoms with Gasteiger partial charge in [0.1, 0.15) is 47.3 Å². The van der Waals surface area contributed by atoms with Gasteiger partial charge in [0.25, 0.3) is 0 Å². The number of allylic oxidation sites excluding steroid dienone is 1. The first-order valence-electron chi connectivity index (χ1n) is 27.6. The summed E-state index contributed by atoms with van der Waals surface area (Å²) >= 11 is 0.